The van der Waals surface area contributed by atoms with Gasteiger partial charge in [0.2, 0.25) is 5.88 Å². The fourth-order valence-corrected chi connectivity index (χ4v) is 2.63. The molecule has 1 N–H and O–H groups in total. The van der Waals surface area contributed by atoms with E-state index in [1.54, 1.807) is 13.0 Å². The maximum atomic E-state index is 12.4. The zero-order chi connectivity index (χ0) is 18.6. The SMILES string of the molecule is CCCCn1c(O)c(C=Nc2ccc(C)c(Cl)c2)c(C)c(C#N)c1=O. The van der Waals surface area contributed by atoms with E-state index in [0.717, 1.165) is 18.4 Å². The van der Waals surface area contributed by atoms with Crippen LogP contribution in [0, 0.1) is 25.2 Å². The number of rotatable bonds is 5. The van der Waals surface area contributed by atoms with Gasteiger partial charge in [0.25, 0.3) is 5.56 Å². The Morgan fingerprint density at radius 1 is 1.40 bits per heavy atom. The molecule has 0 saturated heterocycles. The molecule has 0 amide bonds. The molecule has 0 saturated carbocycles. The van der Waals surface area contributed by atoms with Crippen molar-refractivity contribution in [1.82, 2.24) is 4.57 Å². The molecule has 5 nitrogen and oxygen atoms in total. The van der Waals surface area contributed by atoms with E-state index >= 15 is 0 Å². The number of nitrogens with zero attached hydrogens (tertiary/aromatic N) is 3. The third-order valence-corrected chi connectivity index (χ3v) is 4.49. The van der Waals surface area contributed by atoms with Gasteiger partial charge in [-0.05, 0) is 43.5 Å². The summed E-state index contributed by atoms with van der Waals surface area (Å²) in [6.07, 6.45) is 3.06. The van der Waals surface area contributed by atoms with Crippen molar-refractivity contribution in [3.63, 3.8) is 0 Å². The molecule has 1 aromatic carbocycles. The number of unbranched alkanes of at least 4 members (excludes halogenated alkanes) is 1. The molecule has 0 bridgehead atoms. The highest BCUT2D eigenvalue weighted by molar-refractivity contribution is 6.31. The number of hydrogen-bond donors (Lipinski definition) is 1. The number of aryl methyl sites for hydroxylation is 1. The molecule has 0 fully saturated rings. The second-order valence-electron chi connectivity index (χ2n) is 5.85. The summed E-state index contributed by atoms with van der Waals surface area (Å²) in [5, 5.41) is 20.4. The van der Waals surface area contributed by atoms with Crippen LogP contribution in [0.1, 0.15) is 42.0 Å². The Labute approximate surface area is 151 Å². The van der Waals surface area contributed by atoms with Gasteiger partial charge >= 0.3 is 0 Å². The van der Waals surface area contributed by atoms with Crippen molar-refractivity contribution in [1.29, 1.82) is 5.26 Å². The van der Waals surface area contributed by atoms with E-state index < -0.39 is 5.56 Å². The van der Waals surface area contributed by atoms with Gasteiger partial charge in [0, 0.05) is 17.8 Å². The fraction of sp³-hybridized carbons (Fsp3) is 0.316. The van der Waals surface area contributed by atoms with Crippen molar-refractivity contribution in [3.05, 3.63) is 55.8 Å². The van der Waals surface area contributed by atoms with Crippen LogP contribution >= 0.6 is 11.6 Å². The minimum Gasteiger partial charge on any atom is -0.494 e. The monoisotopic (exact) mass is 357 g/mol. The highest BCUT2D eigenvalue weighted by atomic mass is 35.5. The van der Waals surface area contributed by atoms with E-state index in [9.17, 15) is 15.2 Å². The summed E-state index contributed by atoms with van der Waals surface area (Å²) < 4.78 is 1.23. The van der Waals surface area contributed by atoms with Crippen LogP contribution in [0.15, 0.2) is 28.0 Å². The van der Waals surface area contributed by atoms with E-state index in [1.165, 1.54) is 10.8 Å². The molecule has 6 heteroatoms. The summed E-state index contributed by atoms with van der Waals surface area (Å²) in [7, 11) is 0. The highest BCUT2D eigenvalue weighted by Gasteiger charge is 2.17. The van der Waals surface area contributed by atoms with Gasteiger partial charge in [-0.3, -0.25) is 14.4 Å². The second-order valence-corrected chi connectivity index (χ2v) is 6.26. The molecule has 1 heterocycles. The number of aromatic hydroxyl groups is 1. The van der Waals surface area contributed by atoms with Gasteiger partial charge in [0.05, 0.1) is 11.3 Å². The van der Waals surface area contributed by atoms with Crippen molar-refractivity contribution < 1.29 is 5.11 Å². The van der Waals surface area contributed by atoms with Gasteiger partial charge in [-0.15, -0.1) is 0 Å². The van der Waals surface area contributed by atoms with Gasteiger partial charge < -0.3 is 5.11 Å². The van der Waals surface area contributed by atoms with E-state index in [-0.39, 0.29) is 11.4 Å². The minimum absolute atomic E-state index is 0.0253. The topological polar surface area (TPSA) is 78.4 Å². The summed E-state index contributed by atoms with van der Waals surface area (Å²) in [6, 6.07) is 7.32. The summed E-state index contributed by atoms with van der Waals surface area (Å²) in [6.45, 7) is 5.88. The van der Waals surface area contributed by atoms with Crippen molar-refractivity contribution in [2.75, 3.05) is 0 Å². The zero-order valence-electron chi connectivity index (χ0n) is 14.5. The second kappa shape index (κ2) is 8.00. The number of benzene rings is 1. The van der Waals surface area contributed by atoms with Crippen LogP contribution < -0.4 is 5.56 Å². The standard InChI is InChI=1S/C19H20ClN3O2/c1-4-5-8-23-18(24)15(10-21)13(3)16(19(23)25)11-22-14-7-6-12(2)17(20)9-14/h6-7,9,11,25H,4-5,8H2,1-3H3. The molecule has 130 valence electrons. The van der Waals surface area contributed by atoms with Crippen LogP contribution in [0.4, 0.5) is 5.69 Å². The average molecular weight is 358 g/mol. The minimum atomic E-state index is -0.471. The summed E-state index contributed by atoms with van der Waals surface area (Å²) in [5.41, 5.74) is 1.90. The van der Waals surface area contributed by atoms with Gasteiger partial charge in [0.15, 0.2) is 0 Å². The van der Waals surface area contributed by atoms with Crippen LogP contribution in [0.3, 0.4) is 0 Å². The first-order valence-corrected chi connectivity index (χ1v) is 8.45. The first-order valence-electron chi connectivity index (χ1n) is 8.07. The van der Waals surface area contributed by atoms with Crippen molar-refractivity contribution in [3.8, 4) is 11.9 Å². The third-order valence-electron chi connectivity index (χ3n) is 4.08. The summed E-state index contributed by atoms with van der Waals surface area (Å²) >= 11 is 6.10. The molecule has 25 heavy (non-hydrogen) atoms. The Morgan fingerprint density at radius 3 is 2.72 bits per heavy atom. The fourth-order valence-electron chi connectivity index (χ4n) is 2.45. The molecule has 0 spiro atoms. The molecule has 0 atom stereocenters. The lowest BCUT2D eigenvalue weighted by atomic mass is 10.1. The van der Waals surface area contributed by atoms with Crippen molar-refractivity contribution >= 4 is 23.5 Å². The van der Waals surface area contributed by atoms with Crippen LogP contribution in [0.5, 0.6) is 5.88 Å². The number of pyridine rings is 1. The van der Waals surface area contributed by atoms with Crippen LogP contribution in [0.25, 0.3) is 0 Å². The van der Waals surface area contributed by atoms with Gasteiger partial charge in [-0.25, -0.2) is 0 Å². The Morgan fingerprint density at radius 2 is 2.12 bits per heavy atom. The molecule has 0 unspecified atom stereocenters. The van der Waals surface area contributed by atoms with Crippen LogP contribution in [-0.2, 0) is 6.54 Å². The molecule has 0 aliphatic carbocycles. The molecule has 2 rings (SSSR count). The Hall–Kier alpha value is -2.58. The van der Waals surface area contributed by atoms with Crippen molar-refractivity contribution in [2.24, 2.45) is 4.99 Å². The normalized spacial score (nSPS) is 11.0. The molecule has 1 aromatic heterocycles. The largest absolute Gasteiger partial charge is 0.494 e. The van der Waals surface area contributed by atoms with E-state index in [4.69, 9.17) is 11.6 Å². The van der Waals surface area contributed by atoms with E-state index in [0.29, 0.717) is 28.4 Å². The van der Waals surface area contributed by atoms with Crippen molar-refractivity contribution in [2.45, 2.75) is 40.2 Å². The maximum Gasteiger partial charge on any atom is 0.271 e. The molecule has 0 aliphatic heterocycles. The highest BCUT2D eigenvalue weighted by Crippen LogP contribution is 2.24. The quantitative estimate of drug-likeness (QED) is 0.812. The number of aliphatic imine (C=N–C) groups is 1. The smallest absolute Gasteiger partial charge is 0.271 e. The number of aromatic nitrogens is 1. The Balaban J connectivity index is 2.56. The molecular weight excluding hydrogens is 338 g/mol. The predicted molar refractivity (Wildman–Crippen MR) is 100 cm³/mol. The number of nitriles is 1. The molecule has 0 radical (unpaired) electrons. The number of halogens is 1. The lowest BCUT2D eigenvalue weighted by Gasteiger charge is -2.13. The van der Waals surface area contributed by atoms with Crippen LogP contribution in [-0.4, -0.2) is 15.9 Å². The first-order chi connectivity index (χ1) is 11.9. The van der Waals surface area contributed by atoms with Gasteiger partial charge in [-0.2, -0.15) is 5.26 Å². The summed E-state index contributed by atoms with van der Waals surface area (Å²) in [4.78, 5) is 16.7. The van der Waals surface area contributed by atoms with Crippen LogP contribution in [0.2, 0.25) is 5.02 Å². The molecular formula is C19H20ClN3O2. The molecule has 2 aromatic rings. The maximum absolute atomic E-state index is 12.4. The lowest BCUT2D eigenvalue weighted by Crippen LogP contribution is -2.25. The number of hydrogen-bond acceptors (Lipinski definition) is 4. The van der Waals surface area contributed by atoms with E-state index in [1.807, 2.05) is 32.0 Å². The summed E-state index contributed by atoms with van der Waals surface area (Å²) in [5.74, 6) is -0.170. The van der Waals surface area contributed by atoms with E-state index in [2.05, 4.69) is 4.99 Å². The lowest BCUT2D eigenvalue weighted by molar-refractivity contribution is 0.400. The predicted octanol–water partition coefficient (Wildman–Crippen LogP) is 4.25. The Bertz CT molecular complexity index is 924. The van der Waals surface area contributed by atoms with Gasteiger partial charge in [-0.1, -0.05) is 31.0 Å². The molecule has 0 aliphatic rings. The third kappa shape index (κ3) is 3.92. The average Bonchev–Trinajstić information content (AvgIpc) is 2.58. The Kier molecular flexibility index (Phi) is 6.00. The zero-order valence-corrected chi connectivity index (χ0v) is 15.3. The van der Waals surface area contributed by atoms with Gasteiger partial charge in [0.1, 0.15) is 11.6 Å². The first kappa shape index (κ1) is 18.8.